The molecule has 78 valence electrons. The van der Waals surface area contributed by atoms with Crippen LogP contribution >= 0.6 is 0 Å². The third-order valence-corrected chi connectivity index (χ3v) is 2.04. The van der Waals surface area contributed by atoms with Crippen molar-refractivity contribution in [3.8, 4) is 0 Å². The van der Waals surface area contributed by atoms with Crippen molar-refractivity contribution in [2.24, 2.45) is 0 Å². The molecule has 0 saturated heterocycles. The van der Waals surface area contributed by atoms with Gasteiger partial charge in [0.1, 0.15) is 0 Å². The molecule has 0 radical (unpaired) electrons. The number of imidazole rings is 1. The van der Waals surface area contributed by atoms with E-state index in [1.807, 2.05) is 6.92 Å². The minimum Gasteiger partial charge on any atom is -0.461 e. The van der Waals surface area contributed by atoms with Crippen LogP contribution in [0.5, 0.6) is 0 Å². The number of hydrogen-bond acceptors (Lipinski definition) is 4. The highest BCUT2D eigenvalue weighted by atomic mass is 16.5. The van der Waals surface area contributed by atoms with Gasteiger partial charge in [-0.1, -0.05) is 0 Å². The summed E-state index contributed by atoms with van der Waals surface area (Å²) < 4.78 is 6.62. The van der Waals surface area contributed by atoms with E-state index in [2.05, 4.69) is 9.97 Å². The monoisotopic (exact) mass is 205 g/mol. The second-order valence-corrected chi connectivity index (χ2v) is 3.09. The standard InChI is InChI=1S/C10H11N3O2/c1-3-15-10(14)8-6-13-5-4-11-7(2)9(13)12-8/h4-6H,3H2,1-2H3. The van der Waals surface area contributed by atoms with E-state index in [9.17, 15) is 4.79 Å². The fraction of sp³-hybridized carbons (Fsp3) is 0.300. The Bertz CT molecular complexity index is 504. The maximum Gasteiger partial charge on any atom is 0.358 e. The number of esters is 1. The second-order valence-electron chi connectivity index (χ2n) is 3.09. The van der Waals surface area contributed by atoms with Crippen molar-refractivity contribution in [2.75, 3.05) is 6.61 Å². The molecule has 0 spiro atoms. The van der Waals surface area contributed by atoms with Crippen molar-refractivity contribution in [1.82, 2.24) is 14.4 Å². The van der Waals surface area contributed by atoms with Crippen LogP contribution in [-0.4, -0.2) is 26.9 Å². The largest absolute Gasteiger partial charge is 0.461 e. The summed E-state index contributed by atoms with van der Waals surface area (Å²) in [6.07, 6.45) is 5.05. The van der Waals surface area contributed by atoms with Gasteiger partial charge in [0.2, 0.25) is 0 Å². The molecule has 15 heavy (non-hydrogen) atoms. The predicted octanol–water partition coefficient (Wildman–Crippen LogP) is 1.21. The van der Waals surface area contributed by atoms with Crippen molar-refractivity contribution in [3.63, 3.8) is 0 Å². The van der Waals surface area contributed by atoms with E-state index in [0.29, 0.717) is 17.9 Å². The lowest BCUT2D eigenvalue weighted by atomic mass is 10.5. The summed E-state index contributed by atoms with van der Waals surface area (Å²) >= 11 is 0. The molecule has 0 N–H and O–H groups in total. The molecule has 0 atom stereocenters. The number of nitrogens with zero attached hydrogens (tertiary/aromatic N) is 3. The first-order chi connectivity index (χ1) is 7.22. The molecule has 0 bridgehead atoms. The van der Waals surface area contributed by atoms with Crippen LogP contribution in [0, 0.1) is 6.92 Å². The number of carbonyl (C=O) groups is 1. The average molecular weight is 205 g/mol. The quantitative estimate of drug-likeness (QED) is 0.691. The van der Waals surface area contributed by atoms with Crippen LogP contribution in [0.1, 0.15) is 23.1 Å². The minimum atomic E-state index is -0.402. The maximum absolute atomic E-state index is 11.4. The molecular formula is C10H11N3O2. The smallest absolute Gasteiger partial charge is 0.358 e. The molecule has 0 amide bonds. The molecular weight excluding hydrogens is 194 g/mol. The lowest BCUT2D eigenvalue weighted by molar-refractivity contribution is 0.0520. The van der Waals surface area contributed by atoms with Crippen LogP contribution in [0.25, 0.3) is 5.65 Å². The van der Waals surface area contributed by atoms with Gasteiger partial charge in [0, 0.05) is 18.6 Å². The molecule has 2 aromatic rings. The average Bonchev–Trinajstić information content (AvgIpc) is 2.63. The van der Waals surface area contributed by atoms with Crippen LogP contribution in [0.3, 0.4) is 0 Å². The number of ether oxygens (including phenoxy) is 1. The molecule has 5 nitrogen and oxygen atoms in total. The summed E-state index contributed by atoms with van der Waals surface area (Å²) in [7, 11) is 0. The number of aromatic nitrogens is 3. The summed E-state index contributed by atoms with van der Waals surface area (Å²) in [6, 6.07) is 0. The van der Waals surface area contributed by atoms with E-state index in [1.165, 1.54) is 0 Å². The molecule has 0 aliphatic rings. The Labute approximate surface area is 86.7 Å². The molecule has 2 aromatic heterocycles. The van der Waals surface area contributed by atoms with Crippen molar-refractivity contribution in [3.05, 3.63) is 30.0 Å². The van der Waals surface area contributed by atoms with Gasteiger partial charge < -0.3 is 9.14 Å². The topological polar surface area (TPSA) is 56.5 Å². The van der Waals surface area contributed by atoms with Gasteiger partial charge in [-0.15, -0.1) is 0 Å². The summed E-state index contributed by atoms with van der Waals surface area (Å²) in [5.74, 6) is -0.402. The molecule has 2 rings (SSSR count). The number of fused-ring (bicyclic) bond motifs is 1. The Morgan fingerprint density at radius 1 is 1.60 bits per heavy atom. The number of aryl methyl sites for hydroxylation is 1. The third-order valence-electron chi connectivity index (χ3n) is 2.04. The highest BCUT2D eigenvalue weighted by molar-refractivity contribution is 5.88. The predicted molar refractivity (Wildman–Crippen MR) is 53.7 cm³/mol. The second kappa shape index (κ2) is 3.68. The highest BCUT2D eigenvalue weighted by Crippen LogP contribution is 2.08. The molecule has 5 heteroatoms. The van der Waals surface area contributed by atoms with Crippen molar-refractivity contribution >= 4 is 11.6 Å². The van der Waals surface area contributed by atoms with E-state index in [4.69, 9.17) is 4.74 Å². The summed E-state index contributed by atoms with van der Waals surface area (Å²) in [5.41, 5.74) is 1.78. The Morgan fingerprint density at radius 3 is 3.07 bits per heavy atom. The maximum atomic E-state index is 11.4. The van der Waals surface area contributed by atoms with Crippen LogP contribution in [0.2, 0.25) is 0 Å². The lowest BCUT2D eigenvalue weighted by Gasteiger charge is -1.95. The van der Waals surface area contributed by atoms with Crippen LogP contribution in [-0.2, 0) is 4.74 Å². The van der Waals surface area contributed by atoms with E-state index >= 15 is 0 Å². The SMILES string of the molecule is CCOC(=O)c1cn2ccnc(C)c2n1. The molecule has 0 aromatic carbocycles. The number of carbonyl (C=O) groups excluding carboxylic acids is 1. The van der Waals surface area contributed by atoms with Gasteiger partial charge in [-0.2, -0.15) is 0 Å². The van der Waals surface area contributed by atoms with Crippen molar-refractivity contribution in [1.29, 1.82) is 0 Å². The van der Waals surface area contributed by atoms with Gasteiger partial charge in [0.05, 0.1) is 12.3 Å². The first-order valence-electron chi connectivity index (χ1n) is 4.70. The first-order valence-corrected chi connectivity index (χ1v) is 4.70. The zero-order valence-corrected chi connectivity index (χ0v) is 8.60. The molecule has 0 aliphatic heterocycles. The van der Waals surface area contributed by atoms with Gasteiger partial charge in [-0.05, 0) is 13.8 Å². The summed E-state index contributed by atoms with van der Waals surface area (Å²) in [4.78, 5) is 19.7. The number of hydrogen-bond donors (Lipinski definition) is 0. The van der Waals surface area contributed by atoms with Crippen LogP contribution < -0.4 is 0 Å². The molecule has 0 aliphatic carbocycles. The lowest BCUT2D eigenvalue weighted by Crippen LogP contribution is -2.04. The van der Waals surface area contributed by atoms with Gasteiger partial charge in [0.15, 0.2) is 11.3 Å². The van der Waals surface area contributed by atoms with Gasteiger partial charge in [0.25, 0.3) is 0 Å². The zero-order valence-electron chi connectivity index (χ0n) is 8.60. The van der Waals surface area contributed by atoms with E-state index in [-0.39, 0.29) is 0 Å². The highest BCUT2D eigenvalue weighted by Gasteiger charge is 2.12. The van der Waals surface area contributed by atoms with Gasteiger partial charge in [-0.3, -0.25) is 4.98 Å². The van der Waals surface area contributed by atoms with Crippen LogP contribution in [0.4, 0.5) is 0 Å². The van der Waals surface area contributed by atoms with E-state index in [0.717, 1.165) is 5.69 Å². The Hall–Kier alpha value is -1.91. The van der Waals surface area contributed by atoms with E-state index in [1.54, 1.807) is 29.9 Å². The molecule has 2 heterocycles. The third kappa shape index (κ3) is 1.68. The van der Waals surface area contributed by atoms with Gasteiger partial charge in [-0.25, -0.2) is 9.78 Å². The Balaban J connectivity index is 2.47. The fourth-order valence-electron chi connectivity index (χ4n) is 1.35. The van der Waals surface area contributed by atoms with Gasteiger partial charge >= 0.3 is 5.97 Å². The Kier molecular flexibility index (Phi) is 2.37. The number of rotatable bonds is 2. The molecule has 0 fully saturated rings. The Morgan fingerprint density at radius 2 is 2.40 bits per heavy atom. The van der Waals surface area contributed by atoms with Crippen LogP contribution in [0.15, 0.2) is 18.6 Å². The minimum absolute atomic E-state index is 0.313. The first kappa shape index (κ1) is 9.64. The molecule has 0 unspecified atom stereocenters. The van der Waals surface area contributed by atoms with E-state index < -0.39 is 5.97 Å². The normalized spacial score (nSPS) is 10.5. The fourth-order valence-corrected chi connectivity index (χ4v) is 1.35. The summed E-state index contributed by atoms with van der Waals surface area (Å²) in [5, 5.41) is 0. The molecule has 0 saturated carbocycles. The van der Waals surface area contributed by atoms with Crippen molar-refractivity contribution in [2.45, 2.75) is 13.8 Å². The summed E-state index contributed by atoms with van der Waals surface area (Å²) in [6.45, 7) is 3.96. The zero-order chi connectivity index (χ0) is 10.8. The van der Waals surface area contributed by atoms with Crippen molar-refractivity contribution < 1.29 is 9.53 Å².